The second-order valence-electron chi connectivity index (χ2n) is 2.55. The highest BCUT2D eigenvalue weighted by Gasteiger charge is 2.14. The predicted molar refractivity (Wildman–Crippen MR) is 48.7 cm³/mol. The summed E-state index contributed by atoms with van der Waals surface area (Å²) >= 11 is 5.56. The molecule has 0 aliphatic carbocycles. The Balaban J connectivity index is 2.63. The van der Waals surface area contributed by atoms with Crippen LogP contribution in [0.25, 0.3) is 0 Å². The van der Waals surface area contributed by atoms with E-state index in [1.807, 2.05) is 0 Å². The monoisotopic (exact) mass is 219 g/mol. The molecular formula is C7H10ClN3O3. The third kappa shape index (κ3) is 2.68. The molecule has 0 unspecified atom stereocenters. The summed E-state index contributed by atoms with van der Waals surface area (Å²) in [7, 11) is 1.62. The molecule has 0 aliphatic heterocycles. The molecule has 0 spiro atoms. The Hall–Kier alpha value is -1.14. The van der Waals surface area contributed by atoms with Crippen LogP contribution in [0.4, 0.5) is 0 Å². The molecule has 1 rings (SSSR count). The molecule has 1 N–H and O–H groups in total. The lowest BCUT2D eigenvalue weighted by molar-refractivity contribution is 0.194. The Morgan fingerprint density at radius 1 is 1.64 bits per heavy atom. The molecule has 14 heavy (non-hydrogen) atoms. The highest BCUT2D eigenvalue weighted by molar-refractivity contribution is 6.69. The molecule has 0 saturated carbocycles. The fourth-order valence-electron chi connectivity index (χ4n) is 0.959. The van der Waals surface area contributed by atoms with Crippen LogP contribution in [0.2, 0.25) is 0 Å². The molecule has 78 valence electrons. The molecule has 0 aromatic carbocycles. The molecule has 0 atom stereocenters. The number of nitrogens with zero attached hydrogens (tertiary/aromatic N) is 3. The van der Waals surface area contributed by atoms with Gasteiger partial charge in [0.1, 0.15) is 5.69 Å². The third-order valence-corrected chi connectivity index (χ3v) is 1.86. The van der Waals surface area contributed by atoms with Crippen LogP contribution in [-0.4, -0.2) is 34.4 Å². The van der Waals surface area contributed by atoms with Crippen LogP contribution in [0.1, 0.15) is 17.8 Å². The van der Waals surface area contributed by atoms with E-state index in [2.05, 4.69) is 20.1 Å². The van der Waals surface area contributed by atoms with Crippen molar-refractivity contribution in [2.24, 2.45) is 5.16 Å². The van der Waals surface area contributed by atoms with Gasteiger partial charge < -0.3 is 9.94 Å². The highest BCUT2D eigenvalue weighted by atomic mass is 35.5. The molecule has 0 fully saturated rings. The summed E-state index contributed by atoms with van der Waals surface area (Å²) in [5.41, 5.74) is 0.829. The van der Waals surface area contributed by atoms with Crippen molar-refractivity contribution < 1.29 is 14.6 Å². The van der Waals surface area contributed by atoms with Gasteiger partial charge in [0.25, 0.3) is 0 Å². The van der Waals surface area contributed by atoms with Crippen LogP contribution in [0.15, 0.2) is 9.78 Å². The summed E-state index contributed by atoms with van der Waals surface area (Å²) in [6.07, 6.45) is 1.38. The number of methoxy groups -OCH3 is 1. The lowest BCUT2D eigenvalue weighted by Crippen LogP contribution is -2.00. The van der Waals surface area contributed by atoms with E-state index >= 15 is 0 Å². The number of oxime groups is 1. The topological polar surface area (TPSA) is 80.7 Å². The molecule has 0 radical (unpaired) electrons. The summed E-state index contributed by atoms with van der Waals surface area (Å²) in [5, 5.41) is 18.3. The van der Waals surface area contributed by atoms with Gasteiger partial charge in [0.2, 0.25) is 0 Å². The van der Waals surface area contributed by atoms with Crippen LogP contribution in [0.3, 0.4) is 0 Å². The number of aryl methyl sites for hydroxylation is 1. The SMILES string of the molecule is COCCCc1nonc1/C(Cl)=N/O. The summed E-state index contributed by atoms with van der Waals surface area (Å²) in [4.78, 5) is 0. The van der Waals surface area contributed by atoms with Crippen molar-refractivity contribution in [1.29, 1.82) is 0 Å². The molecule has 0 aliphatic rings. The zero-order valence-corrected chi connectivity index (χ0v) is 8.36. The van der Waals surface area contributed by atoms with Crippen molar-refractivity contribution in [3.8, 4) is 0 Å². The van der Waals surface area contributed by atoms with Gasteiger partial charge in [-0.1, -0.05) is 21.9 Å². The number of aromatic nitrogens is 2. The number of rotatable bonds is 5. The highest BCUT2D eigenvalue weighted by Crippen LogP contribution is 2.09. The van der Waals surface area contributed by atoms with Crippen molar-refractivity contribution in [2.45, 2.75) is 12.8 Å². The minimum absolute atomic E-state index is 0.126. The smallest absolute Gasteiger partial charge is 0.199 e. The first-order valence-electron chi connectivity index (χ1n) is 3.98. The van der Waals surface area contributed by atoms with Gasteiger partial charge in [0, 0.05) is 13.7 Å². The van der Waals surface area contributed by atoms with E-state index in [9.17, 15) is 0 Å². The summed E-state index contributed by atoms with van der Waals surface area (Å²) in [6, 6.07) is 0. The van der Waals surface area contributed by atoms with Crippen LogP contribution < -0.4 is 0 Å². The number of ether oxygens (including phenoxy) is 1. The van der Waals surface area contributed by atoms with Gasteiger partial charge in [-0.25, -0.2) is 4.63 Å². The molecule has 0 bridgehead atoms. The van der Waals surface area contributed by atoms with Gasteiger partial charge in [-0.15, -0.1) is 0 Å². The fourth-order valence-corrected chi connectivity index (χ4v) is 1.10. The first-order chi connectivity index (χ1) is 6.79. The Morgan fingerprint density at radius 3 is 3.07 bits per heavy atom. The first kappa shape index (κ1) is 10.9. The third-order valence-electron chi connectivity index (χ3n) is 1.60. The van der Waals surface area contributed by atoms with Gasteiger partial charge in [-0.05, 0) is 18.0 Å². The standard InChI is InChI=1S/C7H10ClN3O3/c1-13-4-2-3-5-6(7(8)9-12)11-14-10-5/h12H,2-4H2,1H3/b9-7-. The van der Waals surface area contributed by atoms with E-state index < -0.39 is 0 Å². The molecule has 7 heteroatoms. The lowest BCUT2D eigenvalue weighted by atomic mass is 10.2. The minimum Gasteiger partial charge on any atom is -0.410 e. The largest absolute Gasteiger partial charge is 0.410 e. The Kier molecular flexibility index (Phi) is 4.34. The molecule has 1 aromatic rings. The Labute approximate surface area is 85.5 Å². The van der Waals surface area contributed by atoms with Gasteiger partial charge in [-0.2, -0.15) is 0 Å². The second-order valence-corrected chi connectivity index (χ2v) is 2.90. The Morgan fingerprint density at radius 2 is 2.43 bits per heavy atom. The quantitative estimate of drug-likeness (QED) is 0.346. The van der Waals surface area contributed by atoms with Gasteiger partial charge in [0.05, 0.1) is 0 Å². The van der Waals surface area contributed by atoms with E-state index in [1.165, 1.54) is 0 Å². The second kappa shape index (κ2) is 5.56. The molecular weight excluding hydrogens is 210 g/mol. The molecule has 6 nitrogen and oxygen atoms in total. The molecule has 1 aromatic heterocycles. The van der Waals surface area contributed by atoms with Crippen molar-refractivity contribution in [3.63, 3.8) is 0 Å². The van der Waals surface area contributed by atoms with Crippen LogP contribution in [0.5, 0.6) is 0 Å². The number of halogens is 1. The summed E-state index contributed by atoms with van der Waals surface area (Å²) in [5.74, 6) is 0. The van der Waals surface area contributed by atoms with E-state index in [-0.39, 0.29) is 10.9 Å². The van der Waals surface area contributed by atoms with E-state index in [1.54, 1.807) is 7.11 Å². The van der Waals surface area contributed by atoms with Crippen LogP contribution >= 0.6 is 11.6 Å². The molecule has 0 saturated heterocycles. The van der Waals surface area contributed by atoms with Crippen molar-refractivity contribution >= 4 is 16.8 Å². The fraction of sp³-hybridized carbons (Fsp3) is 0.571. The average molecular weight is 220 g/mol. The summed E-state index contributed by atoms with van der Waals surface area (Å²) < 4.78 is 9.36. The van der Waals surface area contributed by atoms with Crippen LogP contribution in [-0.2, 0) is 11.2 Å². The molecule has 0 amide bonds. The van der Waals surface area contributed by atoms with Gasteiger partial charge in [0.15, 0.2) is 10.9 Å². The van der Waals surface area contributed by atoms with Crippen molar-refractivity contribution in [2.75, 3.05) is 13.7 Å². The molecule has 1 heterocycles. The maximum Gasteiger partial charge on any atom is 0.199 e. The minimum atomic E-state index is -0.126. The van der Waals surface area contributed by atoms with E-state index in [0.29, 0.717) is 18.7 Å². The van der Waals surface area contributed by atoms with Gasteiger partial charge in [-0.3, -0.25) is 0 Å². The Bertz CT molecular complexity index is 313. The zero-order chi connectivity index (χ0) is 10.4. The lowest BCUT2D eigenvalue weighted by Gasteiger charge is -1.96. The normalized spacial score (nSPS) is 12.0. The van der Waals surface area contributed by atoms with Crippen LogP contribution in [0, 0.1) is 0 Å². The van der Waals surface area contributed by atoms with E-state index in [0.717, 1.165) is 6.42 Å². The maximum atomic E-state index is 8.42. The number of hydrogen-bond donors (Lipinski definition) is 1. The first-order valence-corrected chi connectivity index (χ1v) is 4.35. The van der Waals surface area contributed by atoms with Gasteiger partial charge >= 0.3 is 0 Å². The zero-order valence-electron chi connectivity index (χ0n) is 7.60. The predicted octanol–water partition coefficient (Wildman–Crippen LogP) is 1.02. The van der Waals surface area contributed by atoms with Crippen molar-refractivity contribution in [3.05, 3.63) is 11.4 Å². The number of hydrogen-bond acceptors (Lipinski definition) is 6. The average Bonchev–Trinajstić information content (AvgIpc) is 2.65. The van der Waals surface area contributed by atoms with E-state index in [4.69, 9.17) is 21.5 Å². The maximum absolute atomic E-state index is 8.42. The van der Waals surface area contributed by atoms with Crippen molar-refractivity contribution in [1.82, 2.24) is 10.3 Å². The summed E-state index contributed by atoms with van der Waals surface area (Å²) in [6.45, 7) is 0.611.